The second-order valence-electron chi connectivity index (χ2n) is 2.24. The molecule has 0 aliphatic carbocycles. The summed E-state index contributed by atoms with van der Waals surface area (Å²) in [6.07, 6.45) is -2.87. The van der Waals surface area contributed by atoms with Crippen LogP contribution in [0.5, 0.6) is 0 Å². The molecular formula is C6H2ClF2IN2O2. The summed E-state index contributed by atoms with van der Waals surface area (Å²) in [5.74, 6) is 0. The van der Waals surface area contributed by atoms with Gasteiger partial charge >= 0.3 is 5.69 Å². The van der Waals surface area contributed by atoms with E-state index >= 15 is 0 Å². The van der Waals surface area contributed by atoms with Crippen molar-refractivity contribution in [2.75, 3.05) is 0 Å². The van der Waals surface area contributed by atoms with Gasteiger partial charge in [-0.15, -0.1) is 0 Å². The zero-order valence-electron chi connectivity index (χ0n) is 6.38. The van der Waals surface area contributed by atoms with Gasteiger partial charge < -0.3 is 0 Å². The van der Waals surface area contributed by atoms with Gasteiger partial charge in [0.15, 0.2) is 3.70 Å². The van der Waals surface area contributed by atoms with Crippen LogP contribution in [0.25, 0.3) is 0 Å². The molecule has 4 nitrogen and oxygen atoms in total. The smallest absolute Gasteiger partial charge is 0.258 e. The molecule has 1 aromatic heterocycles. The Morgan fingerprint density at radius 1 is 1.64 bits per heavy atom. The van der Waals surface area contributed by atoms with Gasteiger partial charge in [0.05, 0.1) is 10.5 Å². The number of rotatable bonds is 2. The van der Waals surface area contributed by atoms with Gasteiger partial charge in [-0.05, 0) is 22.6 Å². The molecule has 0 N–H and O–H groups in total. The molecule has 0 amide bonds. The van der Waals surface area contributed by atoms with E-state index < -0.39 is 27.8 Å². The SMILES string of the molecule is O=[N+]([O-])c1cc(C(F)F)c(Cl)nc1I. The molecule has 0 aliphatic rings. The first kappa shape index (κ1) is 11.5. The van der Waals surface area contributed by atoms with E-state index in [1.54, 1.807) is 22.6 Å². The maximum atomic E-state index is 12.3. The van der Waals surface area contributed by atoms with Gasteiger partial charge in [-0.1, -0.05) is 11.6 Å². The van der Waals surface area contributed by atoms with E-state index in [4.69, 9.17) is 11.6 Å². The van der Waals surface area contributed by atoms with Crippen molar-refractivity contribution in [2.45, 2.75) is 6.43 Å². The van der Waals surface area contributed by atoms with Crippen LogP contribution >= 0.6 is 34.2 Å². The number of halogens is 4. The highest BCUT2D eigenvalue weighted by Crippen LogP contribution is 2.31. The van der Waals surface area contributed by atoms with Crippen molar-refractivity contribution in [2.24, 2.45) is 0 Å². The molecule has 0 atom stereocenters. The molecule has 0 aliphatic heterocycles. The van der Waals surface area contributed by atoms with Gasteiger partial charge in [-0.25, -0.2) is 13.8 Å². The summed E-state index contributed by atoms with van der Waals surface area (Å²) in [6.45, 7) is 0. The van der Waals surface area contributed by atoms with Crippen LogP contribution in [0.4, 0.5) is 14.5 Å². The van der Waals surface area contributed by atoms with E-state index in [1.165, 1.54) is 0 Å². The normalized spacial score (nSPS) is 10.6. The molecule has 0 unspecified atom stereocenters. The van der Waals surface area contributed by atoms with Crippen LogP contribution in [0, 0.1) is 13.8 Å². The van der Waals surface area contributed by atoms with Crippen LogP contribution in [-0.4, -0.2) is 9.91 Å². The Morgan fingerprint density at radius 3 is 2.64 bits per heavy atom. The molecular weight excluding hydrogens is 332 g/mol. The van der Waals surface area contributed by atoms with Crippen LogP contribution < -0.4 is 0 Å². The largest absolute Gasteiger partial charge is 0.301 e. The van der Waals surface area contributed by atoms with Gasteiger partial charge in [0.1, 0.15) is 5.15 Å². The van der Waals surface area contributed by atoms with E-state index in [0.717, 1.165) is 6.07 Å². The van der Waals surface area contributed by atoms with E-state index in [9.17, 15) is 18.9 Å². The molecule has 1 heterocycles. The average Bonchev–Trinajstić information content (AvgIpc) is 2.02. The lowest BCUT2D eigenvalue weighted by atomic mass is 10.3. The highest BCUT2D eigenvalue weighted by molar-refractivity contribution is 14.1. The lowest BCUT2D eigenvalue weighted by molar-refractivity contribution is -0.386. The van der Waals surface area contributed by atoms with Crippen molar-refractivity contribution in [3.63, 3.8) is 0 Å². The second kappa shape index (κ2) is 4.30. The zero-order valence-corrected chi connectivity index (χ0v) is 9.29. The summed E-state index contributed by atoms with van der Waals surface area (Å²) in [6, 6.07) is 0.738. The lowest BCUT2D eigenvalue weighted by Crippen LogP contribution is -1.98. The fraction of sp³-hybridized carbons (Fsp3) is 0.167. The minimum atomic E-state index is -2.87. The predicted octanol–water partition coefficient (Wildman–Crippen LogP) is 3.19. The second-order valence-corrected chi connectivity index (χ2v) is 3.62. The molecule has 1 rings (SSSR count). The Kier molecular flexibility index (Phi) is 3.53. The third-order valence-corrected chi connectivity index (χ3v) is 2.47. The van der Waals surface area contributed by atoms with Crippen molar-refractivity contribution in [1.29, 1.82) is 0 Å². The van der Waals surface area contributed by atoms with Crippen molar-refractivity contribution in [3.05, 3.63) is 30.6 Å². The molecule has 0 aromatic carbocycles. The quantitative estimate of drug-likeness (QED) is 0.361. The number of hydrogen-bond acceptors (Lipinski definition) is 3. The summed E-state index contributed by atoms with van der Waals surface area (Å²) in [5.41, 5.74) is -1.09. The van der Waals surface area contributed by atoms with Crippen LogP contribution in [0.3, 0.4) is 0 Å². The molecule has 8 heteroatoms. The Balaban J connectivity index is 3.34. The van der Waals surface area contributed by atoms with Gasteiger partial charge in [-0.3, -0.25) is 10.1 Å². The van der Waals surface area contributed by atoms with Crippen molar-refractivity contribution in [3.8, 4) is 0 Å². The Bertz CT molecular complexity index is 388. The molecule has 0 saturated carbocycles. The molecule has 0 fully saturated rings. The number of nitro groups is 1. The molecule has 76 valence electrons. The maximum Gasteiger partial charge on any atom is 0.301 e. The molecule has 0 radical (unpaired) electrons. The van der Waals surface area contributed by atoms with E-state index in [0.29, 0.717) is 0 Å². The first-order chi connectivity index (χ1) is 6.43. The van der Waals surface area contributed by atoms with Gasteiger partial charge in [0.25, 0.3) is 6.43 Å². The first-order valence-corrected chi connectivity index (χ1v) is 4.67. The topological polar surface area (TPSA) is 56.0 Å². The van der Waals surface area contributed by atoms with Gasteiger partial charge in [-0.2, -0.15) is 0 Å². The summed E-state index contributed by atoms with van der Waals surface area (Å²) in [5, 5.41) is 9.97. The lowest BCUT2D eigenvalue weighted by Gasteiger charge is -2.02. The van der Waals surface area contributed by atoms with Crippen LogP contribution in [0.2, 0.25) is 5.15 Å². The number of nitrogens with zero attached hydrogens (tertiary/aromatic N) is 2. The number of pyridine rings is 1. The van der Waals surface area contributed by atoms with E-state index in [2.05, 4.69) is 4.98 Å². The first-order valence-electron chi connectivity index (χ1n) is 3.22. The highest BCUT2D eigenvalue weighted by atomic mass is 127. The Morgan fingerprint density at radius 2 is 2.21 bits per heavy atom. The standard InChI is InChI=1S/C6H2ClF2IN2O2/c7-4-2(5(8)9)1-3(12(13)14)6(10)11-4/h1,5H. The monoisotopic (exact) mass is 334 g/mol. The van der Waals surface area contributed by atoms with Crippen LogP contribution in [-0.2, 0) is 0 Å². The molecule has 0 spiro atoms. The summed E-state index contributed by atoms with van der Waals surface area (Å²) in [4.78, 5) is 13.0. The number of alkyl halides is 2. The van der Waals surface area contributed by atoms with Crippen LogP contribution in [0.15, 0.2) is 6.07 Å². The average molecular weight is 334 g/mol. The van der Waals surface area contributed by atoms with E-state index in [-0.39, 0.29) is 3.70 Å². The molecule has 1 aromatic rings. The number of aromatic nitrogens is 1. The fourth-order valence-corrected chi connectivity index (χ4v) is 1.71. The fourth-order valence-electron chi connectivity index (χ4n) is 0.755. The minimum Gasteiger partial charge on any atom is -0.258 e. The summed E-state index contributed by atoms with van der Waals surface area (Å²) >= 11 is 6.94. The van der Waals surface area contributed by atoms with E-state index in [1.807, 2.05) is 0 Å². The van der Waals surface area contributed by atoms with Gasteiger partial charge in [0.2, 0.25) is 0 Å². The molecule has 14 heavy (non-hydrogen) atoms. The number of hydrogen-bond donors (Lipinski definition) is 0. The third kappa shape index (κ3) is 2.27. The molecule has 0 bridgehead atoms. The Hall–Kier alpha value is -0.570. The predicted molar refractivity (Wildman–Crippen MR) is 53.6 cm³/mol. The Labute approximate surface area is 95.6 Å². The van der Waals surface area contributed by atoms with Crippen LogP contribution in [0.1, 0.15) is 12.0 Å². The summed E-state index contributed by atoms with van der Waals surface area (Å²) < 4.78 is 24.5. The van der Waals surface area contributed by atoms with Gasteiger partial charge in [0, 0.05) is 6.07 Å². The third-order valence-electron chi connectivity index (χ3n) is 1.37. The zero-order chi connectivity index (χ0) is 10.9. The minimum absolute atomic E-state index is 0.0120. The maximum absolute atomic E-state index is 12.3. The summed E-state index contributed by atoms with van der Waals surface area (Å²) in [7, 11) is 0. The van der Waals surface area contributed by atoms with Crippen molar-refractivity contribution < 1.29 is 13.7 Å². The molecule has 0 saturated heterocycles. The van der Waals surface area contributed by atoms with Crippen molar-refractivity contribution in [1.82, 2.24) is 4.98 Å². The highest BCUT2D eigenvalue weighted by Gasteiger charge is 2.21. The van der Waals surface area contributed by atoms with Crippen molar-refractivity contribution >= 4 is 39.9 Å².